The van der Waals surface area contributed by atoms with Crippen molar-refractivity contribution in [3.8, 4) is 0 Å². The molecule has 0 bridgehead atoms. The molecule has 4 nitrogen and oxygen atoms in total. The lowest BCUT2D eigenvalue weighted by atomic mass is 9.80. The number of hydrogen-bond donors (Lipinski definition) is 2. The lowest BCUT2D eigenvalue weighted by molar-refractivity contribution is 0.255. The van der Waals surface area contributed by atoms with Gasteiger partial charge in [0.2, 0.25) is 4.77 Å². The molecule has 0 saturated carbocycles. The molecule has 1 unspecified atom stereocenters. The quantitative estimate of drug-likeness (QED) is 0.583. The summed E-state index contributed by atoms with van der Waals surface area (Å²) < 4.78 is 1.92. The molecule has 1 heterocycles. The van der Waals surface area contributed by atoms with Crippen molar-refractivity contribution in [2.24, 2.45) is 11.3 Å². The summed E-state index contributed by atoms with van der Waals surface area (Å²) in [6.45, 7) is 8.82. The predicted molar refractivity (Wildman–Crippen MR) is 59.9 cm³/mol. The fraction of sp³-hybridized carbons (Fsp3) is 0.778. The third-order valence-corrected chi connectivity index (χ3v) is 3.03. The highest BCUT2D eigenvalue weighted by Gasteiger charge is 2.22. The van der Waals surface area contributed by atoms with Crippen molar-refractivity contribution in [2.45, 2.75) is 34.1 Å². The normalized spacial score (nSPS) is 14.3. The van der Waals surface area contributed by atoms with Gasteiger partial charge in [0, 0.05) is 6.42 Å². The van der Waals surface area contributed by atoms with E-state index < -0.39 is 0 Å². The van der Waals surface area contributed by atoms with Crippen LogP contribution in [0.3, 0.4) is 0 Å². The smallest absolute Gasteiger partial charge is 0.214 e. The molecule has 0 aliphatic heterocycles. The van der Waals surface area contributed by atoms with E-state index in [0.29, 0.717) is 10.7 Å². The van der Waals surface area contributed by atoms with Gasteiger partial charge in [0.25, 0.3) is 0 Å². The lowest BCUT2D eigenvalue weighted by Crippen LogP contribution is -2.23. The van der Waals surface area contributed by atoms with Gasteiger partial charge in [-0.05, 0) is 23.6 Å². The van der Waals surface area contributed by atoms with E-state index in [9.17, 15) is 0 Å². The molecule has 1 rings (SSSR count). The van der Waals surface area contributed by atoms with Gasteiger partial charge in [0.05, 0.1) is 0 Å². The van der Waals surface area contributed by atoms with E-state index in [1.807, 2.05) is 0 Å². The molecular weight excluding hydrogens is 196 g/mol. The molecule has 0 spiro atoms. The van der Waals surface area contributed by atoms with Gasteiger partial charge in [-0.1, -0.05) is 27.7 Å². The minimum absolute atomic E-state index is 0.258. The Hall–Kier alpha value is -0.840. The molecule has 5 heteroatoms. The first-order valence-electron chi connectivity index (χ1n) is 4.73. The summed E-state index contributed by atoms with van der Waals surface area (Å²) in [6, 6.07) is 0. The van der Waals surface area contributed by atoms with Crippen molar-refractivity contribution in [3.05, 3.63) is 10.6 Å². The lowest BCUT2D eigenvalue weighted by Gasteiger charge is -2.26. The van der Waals surface area contributed by atoms with Crippen LogP contribution in [0.25, 0.3) is 0 Å². The van der Waals surface area contributed by atoms with Crippen LogP contribution in [0, 0.1) is 16.1 Å². The first kappa shape index (κ1) is 11.2. The van der Waals surface area contributed by atoms with Crippen molar-refractivity contribution in [3.63, 3.8) is 0 Å². The molecule has 3 N–H and O–H groups in total. The van der Waals surface area contributed by atoms with Gasteiger partial charge in [-0.3, -0.25) is 5.10 Å². The molecule has 0 aromatic carbocycles. The fourth-order valence-electron chi connectivity index (χ4n) is 1.06. The molecule has 0 radical (unpaired) electrons. The van der Waals surface area contributed by atoms with E-state index >= 15 is 0 Å². The Kier molecular flexibility index (Phi) is 2.99. The average molecular weight is 214 g/mol. The molecule has 1 aromatic rings. The Labute approximate surface area is 89.5 Å². The van der Waals surface area contributed by atoms with E-state index in [1.54, 1.807) is 0 Å². The van der Waals surface area contributed by atoms with E-state index in [2.05, 4.69) is 37.9 Å². The largest absolute Gasteiger partial charge is 0.335 e. The van der Waals surface area contributed by atoms with Crippen LogP contribution in [0.5, 0.6) is 0 Å². The summed E-state index contributed by atoms with van der Waals surface area (Å²) in [4.78, 5) is 0. The zero-order valence-electron chi connectivity index (χ0n) is 9.16. The van der Waals surface area contributed by atoms with Gasteiger partial charge >= 0.3 is 0 Å². The van der Waals surface area contributed by atoms with Crippen LogP contribution in [-0.4, -0.2) is 14.9 Å². The molecule has 0 amide bonds. The second-order valence-electron chi connectivity index (χ2n) is 4.79. The highest BCUT2D eigenvalue weighted by Crippen LogP contribution is 2.27. The summed E-state index contributed by atoms with van der Waals surface area (Å²) in [5.74, 6) is 7.04. The summed E-state index contributed by atoms with van der Waals surface area (Å²) in [7, 11) is 0. The number of nitrogens with zero attached hydrogens (tertiary/aromatic N) is 2. The van der Waals surface area contributed by atoms with Gasteiger partial charge < -0.3 is 5.84 Å². The third-order valence-electron chi connectivity index (χ3n) is 2.74. The zero-order valence-corrected chi connectivity index (χ0v) is 9.98. The van der Waals surface area contributed by atoms with Gasteiger partial charge in [-0.15, -0.1) is 0 Å². The van der Waals surface area contributed by atoms with Crippen LogP contribution >= 0.6 is 12.2 Å². The summed E-state index contributed by atoms with van der Waals surface area (Å²) in [5, 5.41) is 6.77. The second kappa shape index (κ2) is 3.73. The molecule has 1 aromatic heterocycles. The van der Waals surface area contributed by atoms with Crippen LogP contribution in [0.15, 0.2) is 0 Å². The van der Waals surface area contributed by atoms with Crippen LogP contribution in [0.4, 0.5) is 0 Å². The Balaban J connectivity index is 2.80. The first-order chi connectivity index (χ1) is 6.32. The minimum atomic E-state index is 0.258. The molecule has 1 atom stereocenters. The molecule has 14 heavy (non-hydrogen) atoms. The van der Waals surface area contributed by atoms with Crippen LogP contribution in [0.1, 0.15) is 33.5 Å². The summed E-state index contributed by atoms with van der Waals surface area (Å²) >= 11 is 4.94. The van der Waals surface area contributed by atoms with Crippen molar-refractivity contribution in [2.75, 3.05) is 5.84 Å². The van der Waals surface area contributed by atoms with Crippen molar-refractivity contribution < 1.29 is 0 Å². The zero-order chi connectivity index (χ0) is 10.9. The Morgan fingerprint density at radius 3 is 2.50 bits per heavy atom. The second-order valence-corrected chi connectivity index (χ2v) is 5.17. The number of hydrogen-bond acceptors (Lipinski definition) is 3. The summed E-state index contributed by atoms with van der Waals surface area (Å²) in [6.07, 6.45) is 0.840. The summed E-state index contributed by atoms with van der Waals surface area (Å²) in [5.41, 5.74) is 0.258. The van der Waals surface area contributed by atoms with Crippen molar-refractivity contribution in [1.82, 2.24) is 14.9 Å². The Morgan fingerprint density at radius 1 is 1.57 bits per heavy atom. The van der Waals surface area contributed by atoms with Crippen molar-refractivity contribution >= 4 is 12.2 Å². The Morgan fingerprint density at radius 2 is 2.14 bits per heavy atom. The van der Waals surface area contributed by atoms with Crippen LogP contribution < -0.4 is 5.84 Å². The van der Waals surface area contributed by atoms with Gasteiger partial charge in [-0.2, -0.15) is 5.10 Å². The third kappa shape index (κ3) is 2.35. The number of rotatable bonds is 2. The molecule has 0 saturated heterocycles. The highest BCUT2D eigenvalue weighted by molar-refractivity contribution is 7.71. The monoisotopic (exact) mass is 214 g/mol. The number of nitrogen functional groups attached to an aromatic ring is 1. The Bertz CT molecular complexity index is 358. The van der Waals surface area contributed by atoms with E-state index in [0.717, 1.165) is 12.2 Å². The van der Waals surface area contributed by atoms with Gasteiger partial charge in [0.15, 0.2) is 5.82 Å². The number of nitrogens with one attached hydrogen (secondary N) is 1. The maximum absolute atomic E-state index is 5.71. The minimum Gasteiger partial charge on any atom is -0.335 e. The van der Waals surface area contributed by atoms with E-state index in [4.69, 9.17) is 18.1 Å². The molecule has 0 aliphatic rings. The first-order valence-corrected chi connectivity index (χ1v) is 5.14. The number of H-pyrrole nitrogens is 1. The maximum atomic E-state index is 5.71. The molecule has 0 fully saturated rings. The van der Waals surface area contributed by atoms with Gasteiger partial charge in [0.1, 0.15) is 0 Å². The topological polar surface area (TPSA) is 59.6 Å². The number of nitrogens with two attached hydrogens (primary N) is 1. The molecular formula is C9H18N4S. The average Bonchev–Trinajstić information content (AvgIpc) is 2.34. The number of aromatic amines is 1. The van der Waals surface area contributed by atoms with Crippen LogP contribution in [-0.2, 0) is 6.42 Å². The van der Waals surface area contributed by atoms with E-state index in [1.165, 1.54) is 4.68 Å². The maximum Gasteiger partial charge on any atom is 0.214 e. The van der Waals surface area contributed by atoms with Crippen molar-refractivity contribution in [1.29, 1.82) is 0 Å². The SMILES string of the molecule is CC(Cc1n[nH]c(=S)n1N)C(C)(C)C. The highest BCUT2D eigenvalue weighted by atomic mass is 32.1. The molecule has 80 valence electrons. The predicted octanol–water partition coefficient (Wildman–Crippen LogP) is 1.88. The fourth-order valence-corrected chi connectivity index (χ4v) is 1.21. The standard InChI is InChI=1S/C9H18N4S/c1-6(9(2,3)4)5-7-11-12-8(14)13(7)10/h6H,5,10H2,1-4H3,(H,12,14). The molecule has 0 aliphatic carbocycles. The van der Waals surface area contributed by atoms with Gasteiger partial charge in [-0.25, -0.2) is 4.68 Å². The van der Waals surface area contributed by atoms with E-state index in [-0.39, 0.29) is 5.41 Å². The van der Waals surface area contributed by atoms with Crippen LogP contribution in [0.2, 0.25) is 0 Å². The number of aromatic nitrogens is 3.